The van der Waals surface area contributed by atoms with Crippen LogP contribution in [0, 0.1) is 0 Å². The molecule has 1 aromatic rings. The van der Waals surface area contributed by atoms with Crippen molar-refractivity contribution in [1.82, 2.24) is 20.4 Å². The van der Waals surface area contributed by atoms with E-state index in [0.29, 0.717) is 0 Å². The molecular formula is C18H30Cl2N4O. The lowest BCUT2D eigenvalue weighted by atomic mass is 10.1. The molecule has 0 aliphatic carbocycles. The Balaban J connectivity index is 0.00000156. The van der Waals surface area contributed by atoms with Crippen molar-refractivity contribution in [3.05, 3.63) is 35.4 Å². The average Bonchev–Trinajstić information content (AvgIpc) is 2.58. The van der Waals surface area contributed by atoms with Crippen LogP contribution in [-0.2, 0) is 6.54 Å². The van der Waals surface area contributed by atoms with E-state index in [0.717, 1.165) is 64.2 Å². The van der Waals surface area contributed by atoms with Crippen LogP contribution >= 0.6 is 24.8 Å². The van der Waals surface area contributed by atoms with Gasteiger partial charge in [-0.05, 0) is 44.1 Å². The molecule has 2 heterocycles. The number of piperazine rings is 1. The van der Waals surface area contributed by atoms with Crippen LogP contribution in [0.2, 0.25) is 0 Å². The Kier molecular flexibility index (Phi) is 9.75. The number of carbonyl (C=O) groups is 1. The molecule has 2 aliphatic rings. The van der Waals surface area contributed by atoms with Gasteiger partial charge in [-0.3, -0.25) is 9.69 Å². The minimum absolute atomic E-state index is 0. The lowest BCUT2D eigenvalue weighted by molar-refractivity contribution is 0.0930. The molecular weight excluding hydrogens is 359 g/mol. The third-order valence-corrected chi connectivity index (χ3v) is 4.85. The van der Waals surface area contributed by atoms with Crippen LogP contribution in [0.15, 0.2) is 24.3 Å². The topological polar surface area (TPSA) is 47.6 Å². The third-order valence-electron chi connectivity index (χ3n) is 4.85. The third kappa shape index (κ3) is 6.76. The van der Waals surface area contributed by atoms with Gasteiger partial charge in [-0.25, -0.2) is 0 Å². The van der Waals surface area contributed by atoms with E-state index < -0.39 is 0 Å². The smallest absolute Gasteiger partial charge is 0.251 e. The van der Waals surface area contributed by atoms with Gasteiger partial charge in [-0.15, -0.1) is 24.8 Å². The van der Waals surface area contributed by atoms with Crippen LogP contribution < -0.4 is 10.6 Å². The normalized spacial score (nSPS) is 21.7. The molecule has 0 aromatic heterocycles. The lowest BCUT2D eigenvalue weighted by Crippen LogP contribution is -2.45. The summed E-state index contributed by atoms with van der Waals surface area (Å²) in [5, 5.41) is 6.45. The second kappa shape index (κ2) is 11.0. The summed E-state index contributed by atoms with van der Waals surface area (Å²) >= 11 is 0. The SMILES string of the molecule is CN1CCN(Cc2ccc(C(=O)N[C@H]3CCCNC3)cc2)CC1.Cl.Cl. The Labute approximate surface area is 163 Å². The second-order valence-electron chi connectivity index (χ2n) is 6.79. The quantitative estimate of drug-likeness (QED) is 0.824. The van der Waals surface area contributed by atoms with Gasteiger partial charge in [-0.2, -0.15) is 0 Å². The maximum atomic E-state index is 12.3. The Morgan fingerprint density at radius 3 is 2.44 bits per heavy atom. The van der Waals surface area contributed by atoms with Gasteiger partial charge >= 0.3 is 0 Å². The first-order valence-electron chi connectivity index (χ1n) is 8.72. The van der Waals surface area contributed by atoms with Gasteiger partial charge in [0, 0.05) is 50.9 Å². The van der Waals surface area contributed by atoms with E-state index in [-0.39, 0.29) is 36.8 Å². The van der Waals surface area contributed by atoms with Crippen molar-refractivity contribution in [2.75, 3.05) is 46.3 Å². The number of carbonyl (C=O) groups excluding carboxylic acids is 1. The number of rotatable bonds is 4. The van der Waals surface area contributed by atoms with Crippen LogP contribution in [0.25, 0.3) is 0 Å². The Morgan fingerprint density at radius 2 is 1.84 bits per heavy atom. The molecule has 5 nitrogen and oxygen atoms in total. The molecule has 7 heteroatoms. The molecule has 0 spiro atoms. The molecule has 1 amide bonds. The highest BCUT2D eigenvalue weighted by Gasteiger charge is 2.17. The number of nitrogens with one attached hydrogen (secondary N) is 2. The average molecular weight is 389 g/mol. The monoisotopic (exact) mass is 388 g/mol. The largest absolute Gasteiger partial charge is 0.348 e. The zero-order valence-corrected chi connectivity index (χ0v) is 16.5. The summed E-state index contributed by atoms with van der Waals surface area (Å²) in [5.41, 5.74) is 2.04. The van der Waals surface area contributed by atoms with Crippen molar-refractivity contribution in [3.8, 4) is 0 Å². The van der Waals surface area contributed by atoms with Crippen molar-refractivity contribution in [3.63, 3.8) is 0 Å². The highest BCUT2D eigenvalue weighted by Crippen LogP contribution is 2.10. The van der Waals surface area contributed by atoms with Crippen molar-refractivity contribution < 1.29 is 4.79 Å². The standard InChI is InChI=1S/C18H28N4O.2ClH/c1-21-9-11-22(12-10-21)14-15-4-6-16(7-5-15)18(23)20-17-3-2-8-19-13-17;;/h4-7,17,19H,2-3,8-14H2,1H3,(H,20,23);2*1H/t17-;;/m0../s1. The second-order valence-corrected chi connectivity index (χ2v) is 6.79. The van der Waals surface area contributed by atoms with Gasteiger partial charge in [0.1, 0.15) is 0 Å². The minimum atomic E-state index is 0. The molecule has 2 aliphatic heterocycles. The molecule has 0 bridgehead atoms. The predicted molar refractivity (Wildman–Crippen MR) is 107 cm³/mol. The van der Waals surface area contributed by atoms with Gasteiger partial charge in [-0.1, -0.05) is 12.1 Å². The van der Waals surface area contributed by atoms with Crippen molar-refractivity contribution >= 4 is 30.7 Å². The van der Waals surface area contributed by atoms with Crippen LogP contribution in [0.3, 0.4) is 0 Å². The fraction of sp³-hybridized carbons (Fsp3) is 0.611. The summed E-state index contributed by atoms with van der Waals surface area (Å²) in [5.74, 6) is 0.0462. The Bertz CT molecular complexity index is 512. The van der Waals surface area contributed by atoms with Gasteiger partial charge in [0.2, 0.25) is 0 Å². The van der Waals surface area contributed by atoms with E-state index in [1.165, 1.54) is 5.56 Å². The van der Waals surface area contributed by atoms with Gasteiger partial charge in [0.15, 0.2) is 0 Å². The summed E-state index contributed by atoms with van der Waals surface area (Å²) in [6, 6.07) is 8.36. The first-order chi connectivity index (χ1) is 11.2. The maximum Gasteiger partial charge on any atom is 0.251 e. The fourth-order valence-corrected chi connectivity index (χ4v) is 3.27. The van der Waals surface area contributed by atoms with Crippen LogP contribution in [-0.4, -0.2) is 68.1 Å². The fourth-order valence-electron chi connectivity index (χ4n) is 3.27. The summed E-state index contributed by atoms with van der Waals surface area (Å²) in [6.45, 7) is 7.43. The van der Waals surface area contributed by atoms with Crippen molar-refractivity contribution in [2.24, 2.45) is 0 Å². The number of amides is 1. The summed E-state index contributed by atoms with van der Waals surface area (Å²) < 4.78 is 0. The van der Waals surface area contributed by atoms with E-state index in [4.69, 9.17) is 0 Å². The first-order valence-corrected chi connectivity index (χ1v) is 8.72. The molecule has 0 radical (unpaired) electrons. The number of hydrogen-bond donors (Lipinski definition) is 2. The molecule has 2 saturated heterocycles. The van der Waals surface area contributed by atoms with Gasteiger partial charge in [0.25, 0.3) is 5.91 Å². The van der Waals surface area contributed by atoms with Crippen molar-refractivity contribution in [2.45, 2.75) is 25.4 Å². The van der Waals surface area contributed by atoms with E-state index in [9.17, 15) is 4.79 Å². The summed E-state index contributed by atoms with van der Waals surface area (Å²) in [7, 11) is 2.17. The van der Waals surface area contributed by atoms with Gasteiger partial charge in [0.05, 0.1) is 0 Å². The molecule has 1 aromatic carbocycles. The molecule has 2 N–H and O–H groups in total. The number of likely N-dealkylation sites (N-methyl/N-ethyl adjacent to an activating group) is 1. The van der Waals surface area contributed by atoms with Crippen LogP contribution in [0.1, 0.15) is 28.8 Å². The molecule has 3 rings (SSSR count). The number of hydrogen-bond acceptors (Lipinski definition) is 4. The molecule has 142 valence electrons. The highest BCUT2D eigenvalue weighted by atomic mass is 35.5. The lowest BCUT2D eigenvalue weighted by Gasteiger charge is -2.32. The zero-order valence-electron chi connectivity index (χ0n) is 14.9. The van der Waals surface area contributed by atoms with E-state index in [1.54, 1.807) is 0 Å². The molecule has 0 unspecified atom stereocenters. The highest BCUT2D eigenvalue weighted by molar-refractivity contribution is 5.94. The number of nitrogens with zero attached hydrogens (tertiary/aromatic N) is 2. The Hall–Kier alpha value is -0.850. The van der Waals surface area contributed by atoms with Gasteiger partial charge < -0.3 is 15.5 Å². The molecule has 2 fully saturated rings. The predicted octanol–water partition coefficient (Wildman–Crippen LogP) is 1.76. The van der Waals surface area contributed by atoms with Crippen molar-refractivity contribution in [1.29, 1.82) is 0 Å². The number of benzene rings is 1. The zero-order chi connectivity index (χ0) is 16.1. The Morgan fingerprint density at radius 1 is 1.16 bits per heavy atom. The first kappa shape index (κ1) is 22.2. The maximum absolute atomic E-state index is 12.3. The summed E-state index contributed by atoms with van der Waals surface area (Å²) in [4.78, 5) is 17.1. The molecule has 1 atom stereocenters. The van der Waals surface area contributed by atoms with E-state index in [1.807, 2.05) is 12.1 Å². The molecule has 25 heavy (non-hydrogen) atoms. The molecule has 0 saturated carbocycles. The summed E-state index contributed by atoms with van der Waals surface area (Å²) in [6.07, 6.45) is 2.20. The van der Waals surface area contributed by atoms with E-state index in [2.05, 4.69) is 39.6 Å². The minimum Gasteiger partial charge on any atom is -0.348 e. The number of halogens is 2. The number of piperidine rings is 1. The van der Waals surface area contributed by atoms with Crippen LogP contribution in [0.5, 0.6) is 0 Å². The van der Waals surface area contributed by atoms with Crippen LogP contribution in [0.4, 0.5) is 0 Å². The van der Waals surface area contributed by atoms with E-state index >= 15 is 0 Å².